The van der Waals surface area contributed by atoms with Crippen LogP contribution in [0.1, 0.15) is 18.9 Å². The molecule has 3 rings (SSSR count). The van der Waals surface area contributed by atoms with E-state index in [9.17, 15) is 13.9 Å². The highest BCUT2D eigenvalue weighted by Gasteiger charge is 2.25. The second kappa shape index (κ2) is 11.6. The van der Waals surface area contributed by atoms with Crippen LogP contribution in [0.5, 0.6) is 0 Å². The second-order valence-corrected chi connectivity index (χ2v) is 7.55. The van der Waals surface area contributed by atoms with E-state index in [-0.39, 0.29) is 19.2 Å². The van der Waals surface area contributed by atoms with Crippen molar-refractivity contribution in [3.8, 4) is 0 Å². The highest BCUT2D eigenvalue weighted by molar-refractivity contribution is 5.80. The lowest BCUT2D eigenvalue weighted by atomic mass is 10.2. The first-order valence-corrected chi connectivity index (χ1v) is 10.6. The van der Waals surface area contributed by atoms with Gasteiger partial charge < -0.3 is 25.4 Å². The first kappa shape index (κ1) is 23.0. The number of hydrogen-bond donors (Lipinski definition) is 3. The number of ether oxygens (including phenoxy) is 1. The predicted molar refractivity (Wildman–Crippen MR) is 118 cm³/mol. The number of aliphatic hydroxyl groups excluding tert-OH is 1. The van der Waals surface area contributed by atoms with E-state index in [0.717, 1.165) is 18.1 Å². The number of nitrogens with one attached hydrogen (secondary N) is 2. The van der Waals surface area contributed by atoms with Crippen LogP contribution in [0.25, 0.3) is 0 Å². The van der Waals surface area contributed by atoms with Gasteiger partial charge in [-0.3, -0.25) is 4.99 Å². The Kier molecular flexibility index (Phi) is 8.61. The molecule has 1 aliphatic heterocycles. The van der Waals surface area contributed by atoms with Gasteiger partial charge in [-0.2, -0.15) is 0 Å². The van der Waals surface area contributed by atoms with Crippen molar-refractivity contribution in [2.75, 3.05) is 37.7 Å². The monoisotopic (exact) mass is 432 g/mol. The van der Waals surface area contributed by atoms with Gasteiger partial charge in [-0.25, -0.2) is 8.78 Å². The number of anilines is 1. The number of aliphatic hydroxyl groups is 1. The highest BCUT2D eigenvalue weighted by atomic mass is 19.1. The zero-order valence-corrected chi connectivity index (χ0v) is 17.7. The Morgan fingerprint density at radius 1 is 1.26 bits per heavy atom. The van der Waals surface area contributed by atoms with Crippen LogP contribution in [0.4, 0.5) is 14.5 Å². The van der Waals surface area contributed by atoms with Crippen LogP contribution in [0.2, 0.25) is 0 Å². The lowest BCUT2D eigenvalue weighted by molar-refractivity contribution is 0.0331. The van der Waals surface area contributed by atoms with Crippen molar-refractivity contribution >= 4 is 11.6 Å². The fourth-order valence-electron chi connectivity index (χ4n) is 3.48. The SMILES string of the molecule is CCNC(=NCC(O)COCc1ccccc1)NC1CCN(c2ccc(F)cc2F)C1. The molecule has 1 fully saturated rings. The highest BCUT2D eigenvalue weighted by Crippen LogP contribution is 2.24. The predicted octanol–water partition coefficient (Wildman–Crippen LogP) is 2.68. The molecule has 0 saturated carbocycles. The summed E-state index contributed by atoms with van der Waals surface area (Å²) in [6.07, 6.45) is 0.0804. The molecule has 3 N–H and O–H groups in total. The third kappa shape index (κ3) is 7.18. The molecular formula is C23H30F2N4O2. The molecule has 0 bridgehead atoms. The molecule has 6 nitrogen and oxygen atoms in total. The van der Waals surface area contributed by atoms with E-state index < -0.39 is 17.7 Å². The van der Waals surface area contributed by atoms with E-state index >= 15 is 0 Å². The average molecular weight is 433 g/mol. The fourth-order valence-corrected chi connectivity index (χ4v) is 3.48. The zero-order chi connectivity index (χ0) is 22.1. The Morgan fingerprint density at radius 3 is 2.81 bits per heavy atom. The van der Waals surface area contributed by atoms with Gasteiger partial charge in [0.25, 0.3) is 0 Å². The summed E-state index contributed by atoms with van der Waals surface area (Å²) < 4.78 is 32.8. The quantitative estimate of drug-likeness (QED) is 0.420. The number of aliphatic imine (C=N–C) groups is 1. The maximum Gasteiger partial charge on any atom is 0.191 e. The summed E-state index contributed by atoms with van der Waals surface area (Å²) >= 11 is 0. The Balaban J connectivity index is 1.46. The molecular weight excluding hydrogens is 402 g/mol. The van der Waals surface area contributed by atoms with E-state index in [4.69, 9.17) is 4.74 Å². The van der Waals surface area contributed by atoms with Crippen LogP contribution in [-0.2, 0) is 11.3 Å². The van der Waals surface area contributed by atoms with Crippen molar-refractivity contribution in [1.82, 2.24) is 10.6 Å². The molecule has 0 amide bonds. The van der Waals surface area contributed by atoms with Crippen LogP contribution < -0.4 is 15.5 Å². The lowest BCUT2D eigenvalue weighted by Crippen LogP contribution is -2.45. The van der Waals surface area contributed by atoms with Crippen molar-refractivity contribution in [3.05, 3.63) is 65.7 Å². The second-order valence-electron chi connectivity index (χ2n) is 7.55. The number of benzene rings is 2. The molecule has 2 aromatic rings. The van der Waals surface area contributed by atoms with Gasteiger partial charge in [0.2, 0.25) is 0 Å². The third-order valence-corrected chi connectivity index (χ3v) is 5.01. The molecule has 1 aliphatic rings. The van der Waals surface area contributed by atoms with E-state index in [1.54, 1.807) is 0 Å². The molecule has 2 unspecified atom stereocenters. The molecule has 0 aliphatic carbocycles. The topological polar surface area (TPSA) is 69.1 Å². The Hall–Kier alpha value is -2.71. The van der Waals surface area contributed by atoms with Gasteiger partial charge in [-0.1, -0.05) is 30.3 Å². The summed E-state index contributed by atoms with van der Waals surface area (Å²) in [7, 11) is 0. The molecule has 2 atom stereocenters. The Morgan fingerprint density at radius 2 is 2.06 bits per heavy atom. The number of hydrogen-bond acceptors (Lipinski definition) is 4. The zero-order valence-electron chi connectivity index (χ0n) is 17.7. The van der Waals surface area contributed by atoms with Gasteiger partial charge in [0.1, 0.15) is 11.6 Å². The number of guanidine groups is 1. The normalized spacial score (nSPS) is 17.6. The van der Waals surface area contributed by atoms with Crippen molar-refractivity contribution < 1.29 is 18.6 Å². The largest absolute Gasteiger partial charge is 0.389 e. The van der Waals surface area contributed by atoms with Gasteiger partial charge in [-0.15, -0.1) is 0 Å². The molecule has 1 heterocycles. The van der Waals surface area contributed by atoms with Crippen molar-refractivity contribution in [3.63, 3.8) is 0 Å². The molecule has 2 aromatic carbocycles. The van der Waals surface area contributed by atoms with Crippen LogP contribution in [-0.4, -0.2) is 56.0 Å². The Bertz CT molecular complexity index is 851. The average Bonchev–Trinajstić information content (AvgIpc) is 3.21. The maximum atomic E-state index is 14.1. The number of halogens is 2. The molecule has 8 heteroatoms. The number of rotatable bonds is 9. The smallest absolute Gasteiger partial charge is 0.191 e. The van der Waals surface area contributed by atoms with Gasteiger partial charge in [0.05, 0.1) is 31.5 Å². The molecule has 0 radical (unpaired) electrons. The van der Waals surface area contributed by atoms with Crippen molar-refractivity contribution in [2.24, 2.45) is 4.99 Å². The molecule has 0 aromatic heterocycles. The number of nitrogens with zero attached hydrogens (tertiary/aromatic N) is 2. The standard InChI is InChI=1S/C23H30F2N4O2/c1-2-26-23(27-13-20(30)16-31-15-17-6-4-3-5-7-17)28-19-10-11-29(14-19)22-9-8-18(24)12-21(22)25/h3-9,12,19-20,30H,2,10-11,13-16H2,1H3,(H2,26,27,28). The maximum absolute atomic E-state index is 14.1. The van der Waals surface area contributed by atoms with Crippen molar-refractivity contribution in [2.45, 2.75) is 32.1 Å². The first-order valence-electron chi connectivity index (χ1n) is 10.6. The molecule has 0 spiro atoms. The minimum atomic E-state index is -0.715. The third-order valence-electron chi connectivity index (χ3n) is 5.01. The molecule has 31 heavy (non-hydrogen) atoms. The summed E-state index contributed by atoms with van der Waals surface area (Å²) in [6, 6.07) is 13.5. The van der Waals surface area contributed by atoms with E-state index in [2.05, 4.69) is 15.6 Å². The first-order chi connectivity index (χ1) is 15.0. The summed E-state index contributed by atoms with van der Waals surface area (Å²) in [6.45, 7) is 4.72. The molecule has 168 valence electrons. The molecule has 1 saturated heterocycles. The van der Waals surface area contributed by atoms with Crippen LogP contribution in [0.15, 0.2) is 53.5 Å². The summed E-state index contributed by atoms with van der Waals surface area (Å²) in [5.74, 6) is -0.543. The van der Waals surface area contributed by atoms with Gasteiger partial charge in [0.15, 0.2) is 5.96 Å². The van der Waals surface area contributed by atoms with Crippen LogP contribution in [0.3, 0.4) is 0 Å². The van der Waals surface area contributed by atoms with Crippen molar-refractivity contribution in [1.29, 1.82) is 0 Å². The minimum absolute atomic E-state index is 0.0636. The van der Waals surface area contributed by atoms with Gasteiger partial charge >= 0.3 is 0 Å². The lowest BCUT2D eigenvalue weighted by Gasteiger charge is -2.21. The fraction of sp³-hybridized carbons (Fsp3) is 0.435. The summed E-state index contributed by atoms with van der Waals surface area (Å²) in [5.41, 5.74) is 1.45. The summed E-state index contributed by atoms with van der Waals surface area (Å²) in [4.78, 5) is 6.34. The minimum Gasteiger partial charge on any atom is -0.389 e. The van der Waals surface area contributed by atoms with E-state index in [0.29, 0.717) is 37.9 Å². The Labute approximate surface area is 181 Å². The summed E-state index contributed by atoms with van der Waals surface area (Å²) in [5, 5.41) is 16.7. The van der Waals surface area contributed by atoms with E-state index in [1.165, 1.54) is 12.1 Å². The van der Waals surface area contributed by atoms with Gasteiger partial charge in [0, 0.05) is 31.7 Å². The van der Waals surface area contributed by atoms with Crippen LogP contribution in [0, 0.1) is 11.6 Å². The van der Waals surface area contributed by atoms with E-state index in [1.807, 2.05) is 42.2 Å². The van der Waals surface area contributed by atoms with Crippen LogP contribution >= 0.6 is 0 Å². The van der Waals surface area contributed by atoms with Gasteiger partial charge in [-0.05, 0) is 31.0 Å².